The number of amides is 1. The molecule has 122 valence electrons. The zero-order valence-electron chi connectivity index (χ0n) is 13.1. The Morgan fingerprint density at radius 1 is 1.32 bits per heavy atom. The number of thiophene rings is 1. The Balaban J connectivity index is 1.51. The summed E-state index contributed by atoms with van der Waals surface area (Å²) in [5.41, 5.74) is -0.346. The van der Waals surface area contributed by atoms with Gasteiger partial charge in [0, 0.05) is 37.6 Å². The maximum atomic E-state index is 12.8. The molecule has 0 aliphatic carbocycles. The number of nitrogens with one attached hydrogen (secondary N) is 1. The van der Waals surface area contributed by atoms with Crippen molar-refractivity contribution in [2.45, 2.75) is 38.3 Å². The van der Waals surface area contributed by atoms with E-state index in [2.05, 4.69) is 23.2 Å². The molecule has 0 aromatic carbocycles. The molecule has 2 aliphatic heterocycles. The summed E-state index contributed by atoms with van der Waals surface area (Å²) in [6, 6.07) is 4.05. The van der Waals surface area contributed by atoms with E-state index < -0.39 is 0 Å². The van der Waals surface area contributed by atoms with Gasteiger partial charge in [0.15, 0.2) is 0 Å². The molecule has 2 aliphatic rings. The summed E-state index contributed by atoms with van der Waals surface area (Å²) in [7, 11) is 0. The number of piperazine rings is 1. The normalized spacial score (nSPS) is 27.1. The molecule has 6 heteroatoms. The Kier molecular flexibility index (Phi) is 5.07. The van der Waals surface area contributed by atoms with Crippen LogP contribution >= 0.6 is 22.9 Å². The molecule has 2 fully saturated rings. The van der Waals surface area contributed by atoms with Crippen LogP contribution in [0.4, 0.5) is 0 Å². The Morgan fingerprint density at radius 2 is 2.09 bits per heavy atom. The van der Waals surface area contributed by atoms with E-state index in [1.54, 1.807) is 11.3 Å². The number of rotatable bonds is 3. The van der Waals surface area contributed by atoms with Crippen LogP contribution in [0.1, 0.15) is 31.1 Å². The van der Waals surface area contributed by atoms with Crippen LogP contribution in [0.3, 0.4) is 0 Å². The van der Waals surface area contributed by atoms with E-state index in [9.17, 15) is 4.79 Å². The first-order valence-corrected chi connectivity index (χ1v) is 9.27. The number of carbonyl (C=O) groups excluding carboxylic acids is 1. The van der Waals surface area contributed by atoms with Crippen LogP contribution in [0.15, 0.2) is 12.1 Å². The van der Waals surface area contributed by atoms with Crippen LogP contribution in [-0.2, 0) is 11.3 Å². The molecule has 1 unspecified atom stereocenters. The van der Waals surface area contributed by atoms with Crippen molar-refractivity contribution in [3.8, 4) is 0 Å². The molecule has 0 radical (unpaired) electrons. The Labute approximate surface area is 141 Å². The SMILES string of the molecule is CC1(C(=O)N2CCN(Cc3ccc(Cl)s3)CC2)CCCCN1. The number of halogens is 1. The first kappa shape index (κ1) is 16.2. The summed E-state index contributed by atoms with van der Waals surface area (Å²) >= 11 is 7.63. The third-order valence-electron chi connectivity index (χ3n) is 4.76. The van der Waals surface area contributed by atoms with Gasteiger partial charge in [0.05, 0.1) is 9.88 Å². The van der Waals surface area contributed by atoms with Gasteiger partial charge in [-0.15, -0.1) is 11.3 Å². The standard InChI is InChI=1S/C16H24ClN3OS/c1-16(6-2-3-7-18-16)15(21)20-10-8-19(9-11-20)12-13-4-5-14(17)22-13/h4-5,18H,2-3,6-12H2,1H3. The molecule has 1 N–H and O–H groups in total. The number of carbonyl (C=O) groups is 1. The van der Waals surface area contributed by atoms with Crippen molar-refractivity contribution in [3.05, 3.63) is 21.3 Å². The van der Waals surface area contributed by atoms with Crippen molar-refractivity contribution in [3.63, 3.8) is 0 Å². The molecule has 22 heavy (non-hydrogen) atoms. The molecule has 0 saturated carbocycles. The van der Waals surface area contributed by atoms with Gasteiger partial charge in [-0.25, -0.2) is 0 Å². The molecule has 0 bridgehead atoms. The van der Waals surface area contributed by atoms with Gasteiger partial charge < -0.3 is 10.2 Å². The van der Waals surface area contributed by atoms with E-state index in [0.29, 0.717) is 0 Å². The van der Waals surface area contributed by atoms with Crippen molar-refractivity contribution in [1.82, 2.24) is 15.1 Å². The fourth-order valence-corrected chi connectivity index (χ4v) is 4.48. The number of nitrogens with zero attached hydrogens (tertiary/aromatic N) is 2. The van der Waals surface area contributed by atoms with Crippen LogP contribution in [0.2, 0.25) is 4.34 Å². The number of hydrogen-bond donors (Lipinski definition) is 1. The van der Waals surface area contributed by atoms with Crippen LogP contribution in [0.25, 0.3) is 0 Å². The van der Waals surface area contributed by atoms with E-state index >= 15 is 0 Å². The number of piperidine rings is 1. The molecule has 1 aromatic rings. The van der Waals surface area contributed by atoms with Gasteiger partial charge in [0.1, 0.15) is 0 Å². The van der Waals surface area contributed by atoms with Crippen molar-refractivity contribution in [2.24, 2.45) is 0 Å². The Morgan fingerprint density at radius 3 is 2.68 bits per heavy atom. The molecular weight excluding hydrogens is 318 g/mol. The second-order valence-corrected chi connectivity index (χ2v) is 8.29. The van der Waals surface area contributed by atoms with E-state index in [4.69, 9.17) is 11.6 Å². The quantitative estimate of drug-likeness (QED) is 0.917. The summed E-state index contributed by atoms with van der Waals surface area (Å²) in [6.07, 6.45) is 3.29. The molecule has 3 rings (SSSR count). The average molecular weight is 342 g/mol. The van der Waals surface area contributed by atoms with E-state index in [0.717, 1.165) is 56.4 Å². The third-order valence-corrected chi connectivity index (χ3v) is 5.97. The van der Waals surface area contributed by atoms with Gasteiger partial charge in [-0.1, -0.05) is 11.6 Å². The predicted octanol–water partition coefficient (Wildman–Crippen LogP) is 2.58. The van der Waals surface area contributed by atoms with Crippen LogP contribution in [0, 0.1) is 0 Å². The lowest BCUT2D eigenvalue weighted by molar-refractivity contribution is -0.140. The summed E-state index contributed by atoms with van der Waals surface area (Å²) in [4.78, 5) is 18.5. The van der Waals surface area contributed by atoms with Gasteiger partial charge in [0.2, 0.25) is 5.91 Å². The van der Waals surface area contributed by atoms with E-state index in [1.165, 1.54) is 11.3 Å². The highest BCUT2D eigenvalue weighted by Crippen LogP contribution is 2.24. The minimum atomic E-state index is -0.346. The molecule has 0 spiro atoms. The number of hydrogen-bond acceptors (Lipinski definition) is 4. The third kappa shape index (κ3) is 3.65. The van der Waals surface area contributed by atoms with E-state index in [-0.39, 0.29) is 11.4 Å². The zero-order valence-corrected chi connectivity index (χ0v) is 14.7. The van der Waals surface area contributed by atoms with Crippen LogP contribution in [0.5, 0.6) is 0 Å². The minimum absolute atomic E-state index is 0.283. The second kappa shape index (κ2) is 6.87. The second-order valence-electron chi connectivity index (χ2n) is 6.49. The summed E-state index contributed by atoms with van der Waals surface area (Å²) in [5.74, 6) is 0.283. The first-order valence-electron chi connectivity index (χ1n) is 8.08. The van der Waals surface area contributed by atoms with Crippen LogP contribution < -0.4 is 5.32 Å². The smallest absolute Gasteiger partial charge is 0.242 e. The van der Waals surface area contributed by atoms with Gasteiger partial charge in [0.25, 0.3) is 0 Å². The highest BCUT2D eigenvalue weighted by Gasteiger charge is 2.38. The predicted molar refractivity (Wildman–Crippen MR) is 91.4 cm³/mol. The van der Waals surface area contributed by atoms with Crippen molar-refractivity contribution >= 4 is 28.8 Å². The van der Waals surface area contributed by atoms with Gasteiger partial charge in [-0.2, -0.15) is 0 Å². The lowest BCUT2D eigenvalue weighted by Crippen LogP contribution is -2.61. The van der Waals surface area contributed by atoms with Crippen molar-refractivity contribution in [1.29, 1.82) is 0 Å². The van der Waals surface area contributed by atoms with Gasteiger partial charge in [-0.3, -0.25) is 9.69 Å². The maximum absolute atomic E-state index is 12.8. The topological polar surface area (TPSA) is 35.6 Å². The molecule has 1 atom stereocenters. The molecule has 2 saturated heterocycles. The average Bonchev–Trinajstić information content (AvgIpc) is 2.93. The largest absolute Gasteiger partial charge is 0.339 e. The Hall–Kier alpha value is -0.620. The molecule has 1 aromatic heterocycles. The summed E-state index contributed by atoms with van der Waals surface area (Å²) in [6.45, 7) is 7.50. The van der Waals surface area contributed by atoms with Crippen molar-refractivity contribution in [2.75, 3.05) is 32.7 Å². The molecule has 4 nitrogen and oxygen atoms in total. The van der Waals surface area contributed by atoms with E-state index in [1.807, 2.05) is 11.0 Å². The lowest BCUT2D eigenvalue weighted by Gasteiger charge is -2.41. The van der Waals surface area contributed by atoms with Crippen LogP contribution in [-0.4, -0.2) is 54.0 Å². The van der Waals surface area contributed by atoms with Crippen molar-refractivity contribution < 1.29 is 4.79 Å². The fraction of sp³-hybridized carbons (Fsp3) is 0.688. The molecule has 3 heterocycles. The summed E-state index contributed by atoms with van der Waals surface area (Å²) < 4.78 is 0.847. The molecular formula is C16H24ClN3OS. The lowest BCUT2D eigenvalue weighted by atomic mass is 9.89. The maximum Gasteiger partial charge on any atom is 0.242 e. The Bertz CT molecular complexity index is 519. The first-order chi connectivity index (χ1) is 10.6. The van der Waals surface area contributed by atoms with Gasteiger partial charge >= 0.3 is 0 Å². The monoisotopic (exact) mass is 341 g/mol. The minimum Gasteiger partial charge on any atom is -0.339 e. The zero-order chi connectivity index (χ0) is 15.6. The summed E-state index contributed by atoms with van der Waals surface area (Å²) in [5, 5.41) is 3.43. The highest BCUT2D eigenvalue weighted by molar-refractivity contribution is 7.16. The highest BCUT2D eigenvalue weighted by atomic mass is 35.5. The van der Waals surface area contributed by atoms with Gasteiger partial charge in [-0.05, 0) is 44.9 Å². The molecule has 1 amide bonds. The fourth-order valence-electron chi connectivity index (χ4n) is 3.35.